The van der Waals surface area contributed by atoms with E-state index in [1.165, 1.54) is 0 Å². The summed E-state index contributed by atoms with van der Waals surface area (Å²) in [5.74, 6) is 0.0152. The highest BCUT2D eigenvalue weighted by atomic mass is 16.1. The first-order valence-corrected chi connectivity index (χ1v) is 9.49. The third-order valence-corrected chi connectivity index (χ3v) is 4.79. The Hall–Kier alpha value is -3.28. The first-order chi connectivity index (χ1) is 13.5. The maximum Gasteiger partial charge on any atom is 0.256 e. The summed E-state index contributed by atoms with van der Waals surface area (Å²) in [4.78, 5) is 22.4. The largest absolute Gasteiger partial charge is 0.320 e. The summed E-state index contributed by atoms with van der Waals surface area (Å²) in [6.07, 6.45) is 3.45. The number of anilines is 1. The van der Waals surface area contributed by atoms with Crippen molar-refractivity contribution >= 4 is 33.5 Å². The van der Waals surface area contributed by atoms with Crippen molar-refractivity contribution in [1.29, 1.82) is 0 Å². The number of hydrogen-bond donors (Lipinski definition) is 1. The molecule has 0 spiro atoms. The van der Waals surface area contributed by atoms with Gasteiger partial charge in [-0.3, -0.25) is 9.78 Å². The van der Waals surface area contributed by atoms with Crippen LogP contribution in [0.2, 0.25) is 0 Å². The van der Waals surface area contributed by atoms with Gasteiger partial charge in [-0.1, -0.05) is 32.0 Å². The zero-order valence-electron chi connectivity index (χ0n) is 16.5. The second-order valence-corrected chi connectivity index (χ2v) is 7.50. The lowest BCUT2D eigenvalue weighted by Crippen LogP contribution is -2.14. The molecule has 6 heteroatoms. The quantitative estimate of drug-likeness (QED) is 0.550. The average Bonchev–Trinajstić information content (AvgIpc) is 3.11. The number of nitrogens with zero attached hydrogens (tertiary/aromatic N) is 4. The number of pyridine rings is 2. The van der Waals surface area contributed by atoms with E-state index in [0.29, 0.717) is 11.3 Å². The Morgan fingerprint density at radius 1 is 1.11 bits per heavy atom. The van der Waals surface area contributed by atoms with Crippen LogP contribution in [0.1, 0.15) is 55.7 Å². The lowest BCUT2D eigenvalue weighted by atomic mass is 10.0. The standard InChI is InChI=1S/C22H23N5O/c1-13(2)19-11-16(17-12-24-27(14(3)4)21(17)25-19)22(28)26-18-9-5-7-15-8-6-10-23-20(15)18/h5-14H,1-4H3,(H,26,28). The molecular weight excluding hydrogens is 350 g/mol. The van der Waals surface area contributed by atoms with Crippen molar-refractivity contribution in [2.45, 2.75) is 39.7 Å². The number of amides is 1. The van der Waals surface area contributed by atoms with Gasteiger partial charge in [-0.2, -0.15) is 5.10 Å². The van der Waals surface area contributed by atoms with Gasteiger partial charge in [0.25, 0.3) is 5.91 Å². The van der Waals surface area contributed by atoms with Crippen LogP contribution in [0.4, 0.5) is 5.69 Å². The highest BCUT2D eigenvalue weighted by Crippen LogP contribution is 2.26. The Kier molecular flexibility index (Phi) is 4.55. The minimum absolute atomic E-state index is 0.158. The summed E-state index contributed by atoms with van der Waals surface area (Å²) >= 11 is 0. The number of nitrogens with one attached hydrogen (secondary N) is 1. The third kappa shape index (κ3) is 3.11. The molecule has 1 aromatic carbocycles. The van der Waals surface area contributed by atoms with E-state index in [4.69, 9.17) is 4.98 Å². The topological polar surface area (TPSA) is 72.7 Å². The van der Waals surface area contributed by atoms with Crippen molar-refractivity contribution in [2.24, 2.45) is 0 Å². The van der Waals surface area contributed by atoms with Crippen molar-refractivity contribution < 1.29 is 4.79 Å². The minimum Gasteiger partial charge on any atom is -0.320 e. The summed E-state index contributed by atoms with van der Waals surface area (Å²) in [5.41, 5.74) is 3.65. The summed E-state index contributed by atoms with van der Waals surface area (Å²) in [5, 5.41) is 9.22. The highest BCUT2D eigenvalue weighted by Gasteiger charge is 2.19. The molecule has 4 aromatic rings. The number of carbonyl (C=O) groups excluding carboxylic acids is 1. The minimum atomic E-state index is -0.184. The molecule has 0 aliphatic carbocycles. The van der Waals surface area contributed by atoms with E-state index in [1.807, 2.05) is 41.1 Å². The first kappa shape index (κ1) is 18.1. The molecule has 0 atom stereocenters. The van der Waals surface area contributed by atoms with Crippen LogP contribution in [0.25, 0.3) is 21.9 Å². The van der Waals surface area contributed by atoms with Gasteiger partial charge in [0.15, 0.2) is 5.65 Å². The lowest BCUT2D eigenvalue weighted by Gasteiger charge is -2.13. The number of aromatic nitrogens is 4. The van der Waals surface area contributed by atoms with Gasteiger partial charge in [-0.05, 0) is 38.0 Å². The number of carbonyl (C=O) groups is 1. The van der Waals surface area contributed by atoms with Gasteiger partial charge in [0.2, 0.25) is 0 Å². The van der Waals surface area contributed by atoms with Gasteiger partial charge < -0.3 is 5.32 Å². The number of fused-ring (bicyclic) bond motifs is 2. The summed E-state index contributed by atoms with van der Waals surface area (Å²) in [7, 11) is 0. The third-order valence-electron chi connectivity index (χ3n) is 4.79. The van der Waals surface area contributed by atoms with E-state index in [0.717, 1.165) is 27.6 Å². The number of rotatable bonds is 4. The van der Waals surface area contributed by atoms with Gasteiger partial charge in [0.1, 0.15) is 0 Å². The molecule has 0 fully saturated rings. The van der Waals surface area contributed by atoms with E-state index in [-0.39, 0.29) is 17.9 Å². The Morgan fingerprint density at radius 2 is 1.89 bits per heavy atom. The van der Waals surface area contributed by atoms with Crippen molar-refractivity contribution in [3.8, 4) is 0 Å². The predicted octanol–water partition coefficient (Wildman–Crippen LogP) is 4.94. The number of para-hydroxylation sites is 1. The van der Waals surface area contributed by atoms with Gasteiger partial charge >= 0.3 is 0 Å². The van der Waals surface area contributed by atoms with Crippen LogP contribution in [-0.4, -0.2) is 25.7 Å². The van der Waals surface area contributed by atoms with Crippen molar-refractivity contribution in [3.63, 3.8) is 0 Å². The van der Waals surface area contributed by atoms with E-state index in [9.17, 15) is 4.79 Å². The normalized spacial score (nSPS) is 11.6. The highest BCUT2D eigenvalue weighted by molar-refractivity contribution is 6.14. The zero-order chi connectivity index (χ0) is 19.8. The summed E-state index contributed by atoms with van der Waals surface area (Å²) in [6.45, 7) is 8.25. The molecule has 142 valence electrons. The molecular formula is C22H23N5O. The van der Waals surface area contributed by atoms with E-state index >= 15 is 0 Å². The molecule has 4 rings (SSSR count). The molecule has 28 heavy (non-hydrogen) atoms. The van der Waals surface area contributed by atoms with Gasteiger partial charge in [-0.25, -0.2) is 9.67 Å². The molecule has 1 N–H and O–H groups in total. The number of benzene rings is 1. The van der Waals surface area contributed by atoms with Crippen LogP contribution < -0.4 is 5.32 Å². The smallest absolute Gasteiger partial charge is 0.256 e. The molecule has 3 heterocycles. The maximum absolute atomic E-state index is 13.2. The van der Waals surface area contributed by atoms with Crippen molar-refractivity contribution in [2.75, 3.05) is 5.32 Å². The average molecular weight is 373 g/mol. The van der Waals surface area contributed by atoms with Gasteiger partial charge in [-0.15, -0.1) is 0 Å². The molecule has 0 bridgehead atoms. The molecule has 1 amide bonds. The zero-order valence-corrected chi connectivity index (χ0v) is 16.5. The number of hydrogen-bond acceptors (Lipinski definition) is 4. The maximum atomic E-state index is 13.2. The second kappa shape index (κ2) is 7.03. The lowest BCUT2D eigenvalue weighted by molar-refractivity contribution is 0.102. The second-order valence-electron chi connectivity index (χ2n) is 7.50. The Labute approximate surface area is 163 Å². The van der Waals surface area contributed by atoms with Crippen LogP contribution in [0.3, 0.4) is 0 Å². The monoisotopic (exact) mass is 373 g/mol. The molecule has 0 saturated carbocycles. The summed E-state index contributed by atoms with van der Waals surface area (Å²) in [6, 6.07) is 11.6. The SMILES string of the molecule is CC(C)c1cc(C(=O)Nc2cccc3cccnc23)c2cnn(C(C)C)c2n1. The van der Waals surface area contributed by atoms with Crippen LogP contribution in [0.5, 0.6) is 0 Å². The predicted molar refractivity (Wildman–Crippen MR) is 112 cm³/mol. The fourth-order valence-corrected chi connectivity index (χ4v) is 3.29. The summed E-state index contributed by atoms with van der Waals surface area (Å²) < 4.78 is 1.86. The fourth-order valence-electron chi connectivity index (χ4n) is 3.29. The molecule has 3 aromatic heterocycles. The molecule has 0 aliphatic rings. The van der Waals surface area contributed by atoms with Gasteiger partial charge in [0.05, 0.1) is 28.4 Å². The van der Waals surface area contributed by atoms with Crippen molar-refractivity contribution in [1.82, 2.24) is 19.7 Å². The van der Waals surface area contributed by atoms with E-state index < -0.39 is 0 Å². The molecule has 6 nitrogen and oxygen atoms in total. The molecule has 0 saturated heterocycles. The van der Waals surface area contributed by atoms with Crippen LogP contribution in [0.15, 0.2) is 48.8 Å². The van der Waals surface area contributed by atoms with Crippen LogP contribution in [0, 0.1) is 0 Å². The Bertz CT molecular complexity index is 1170. The van der Waals surface area contributed by atoms with Crippen LogP contribution >= 0.6 is 0 Å². The van der Waals surface area contributed by atoms with Crippen molar-refractivity contribution in [3.05, 3.63) is 60.0 Å². The molecule has 0 aliphatic heterocycles. The Morgan fingerprint density at radius 3 is 2.64 bits per heavy atom. The first-order valence-electron chi connectivity index (χ1n) is 9.49. The molecule has 0 radical (unpaired) electrons. The molecule has 0 unspecified atom stereocenters. The van der Waals surface area contributed by atoms with E-state index in [1.54, 1.807) is 12.4 Å². The van der Waals surface area contributed by atoms with Crippen LogP contribution in [-0.2, 0) is 0 Å². The Balaban J connectivity index is 1.82. The van der Waals surface area contributed by atoms with E-state index in [2.05, 4.69) is 43.1 Å². The fraction of sp³-hybridized carbons (Fsp3) is 0.273. The van der Waals surface area contributed by atoms with Gasteiger partial charge in [0, 0.05) is 23.3 Å².